The zero-order chi connectivity index (χ0) is 9.14. The van der Waals surface area contributed by atoms with Gasteiger partial charge in [0.25, 0.3) is 0 Å². The minimum Gasteiger partial charge on any atom is -0.326 e. The van der Waals surface area contributed by atoms with Crippen molar-refractivity contribution >= 4 is 11.6 Å². The zero-order valence-electron chi connectivity index (χ0n) is 6.76. The summed E-state index contributed by atoms with van der Waals surface area (Å²) >= 11 is 5.83. The Balaban J connectivity index is 3.31. The van der Waals surface area contributed by atoms with E-state index in [1.807, 2.05) is 13.0 Å². The maximum atomic E-state index is 8.70. The van der Waals surface area contributed by atoms with Crippen LogP contribution >= 0.6 is 11.6 Å². The van der Waals surface area contributed by atoms with E-state index >= 15 is 0 Å². The van der Waals surface area contributed by atoms with Gasteiger partial charge in [0, 0.05) is 11.6 Å². The first kappa shape index (κ1) is 9.05. The van der Waals surface area contributed by atoms with Gasteiger partial charge in [-0.2, -0.15) is 5.26 Å². The molecule has 3 heteroatoms. The fourth-order valence-corrected chi connectivity index (χ4v) is 1.18. The minimum atomic E-state index is 0.376. The Morgan fingerprint density at radius 3 is 2.75 bits per heavy atom. The Labute approximate surface area is 76.6 Å². The Kier molecular flexibility index (Phi) is 2.69. The Morgan fingerprint density at radius 2 is 2.25 bits per heavy atom. The predicted molar refractivity (Wildman–Crippen MR) is 48.8 cm³/mol. The molecule has 0 saturated heterocycles. The number of nitriles is 1. The summed E-state index contributed by atoms with van der Waals surface area (Å²) in [6.07, 6.45) is 0. The van der Waals surface area contributed by atoms with Crippen LogP contribution in [0.25, 0.3) is 0 Å². The molecule has 0 radical (unpaired) electrons. The molecule has 0 atom stereocenters. The summed E-state index contributed by atoms with van der Waals surface area (Å²) in [6, 6.07) is 5.55. The normalized spacial score (nSPS) is 9.50. The van der Waals surface area contributed by atoms with Gasteiger partial charge in [0.15, 0.2) is 0 Å². The first-order chi connectivity index (χ1) is 5.69. The van der Waals surface area contributed by atoms with E-state index < -0.39 is 0 Å². The summed E-state index contributed by atoms with van der Waals surface area (Å²) in [5.74, 6) is 0. The first-order valence-electron chi connectivity index (χ1n) is 3.58. The van der Waals surface area contributed by atoms with E-state index in [4.69, 9.17) is 22.6 Å². The van der Waals surface area contributed by atoms with Crippen molar-refractivity contribution in [2.75, 3.05) is 0 Å². The lowest BCUT2D eigenvalue weighted by Gasteiger charge is -2.03. The molecular formula is C9H9ClN2. The van der Waals surface area contributed by atoms with E-state index in [2.05, 4.69) is 6.07 Å². The molecule has 2 N–H and O–H groups in total. The molecule has 0 fully saturated rings. The Morgan fingerprint density at radius 1 is 1.58 bits per heavy atom. The molecule has 0 aliphatic rings. The molecule has 1 aromatic carbocycles. The predicted octanol–water partition coefficient (Wildman–Crippen LogP) is 1.98. The highest BCUT2D eigenvalue weighted by atomic mass is 35.5. The average Bonchev–Trinajstić information content (AvgIpc) is 2.09. The molecule has 2 nitrogen and oxygen atoms in total. The Hall–Kier alpha value is -1.04. The highest BCUT2D eigenvalue weighted by molar-refractivity contribution is 6.31. The number of benzene rings is 1. The molecule has 0 spiro atoms. The minimum absolute atomic E-state index is 0.376. The third kappa shape index (κ3) is 1.58. The van der Waals surface area contributed by atoms with E-state index in [0.29, 0.717) is 17.1 Å². The maximum absolute atomic E-state index is 8.70. The SMILES string of the molecule is Cc1cc(CN)c(C#N)cc1Cl. The summed E-state index contributed by atoms with van der Waals surface area (Å²) in [6.45, 7) is 2.27. The molecule has 0 saturated carbocycles. The van der Waals surface area contributed by atoms with Gasteiger partial charge in [0.2, 0.25) is 0 Å². The van der Waals surface area contributed by atoms with E-state index in [1.54, 1.807) is 6.07 Å². The van der Waals surface area contributed by atoms with Crippen molar-refractivity contribution < 1.29 is 0 Å². The van der Waals surface area contributed by atoms with Crippen LogP contribution in [-0.2, 0) is 6.54 Å². The third-order valence-electron chi connectivity index (χ3n) is 1.72. The quantitative estimate of drug-likeness (QED) is 0.719. The topological polar surface area (TPSA) is 49.8 Å². The third-order valence-corrected chi connectivity index (χ3v) is 2.13. The van der Waals surface area contributed by atoms with Crippen molar-refractivity contribution in [1.82, 2.24) is 0 Å². The van der Waals surface area contributed by atoms with Crippen LogP contribution in [-0.4, -0.2) is 0 Å². The van der Waals surface area contributed by atoms with Gasteiger partial charge in [-0.15, -0.1) is 0 Å². The molecular weight excluding hydrogens is 172 g/mol. The molecule has 0 aliphatic heterocycles. The molecule has 12 heavy (non-hydrogen) atoms. The summed E-state index contributed by atoms with van der Waals surface area (Å²) in [7, 11) is 0. The van der Waals surface area contributed by atoms with Gasteiger partial charge in [0.05, 0.1) is 11.6 Å². The molecule has 0 amide bonds. The van der Waals surface area contributed by atoms with Gasteiger partial charge in [0.1, 0.15) is 0 Å². The lowest BCUT2D eigenvalue weighted by atomic mass is 10.1. The number of nitrogens with two attached hydrogens (primary N) is 1. The second-order valence-electron chi connectivity index (χ2n) is 2.57. The van der Waals surface area contributed by atoms with Gasteiger partial charge in [-0.05, 0) is 24.1 Å². The second-order valence-corrected chi connectivity index (χ2v) is 2.98. The summed E-state index contributed by atoms with van der Waals surface area (Å²) in [5.41, 5.74) is 7.82. The van der Waals surface area contributed by atoms with Crippen LogP contribution in [0.15, 0.2) is 12.1 Å². The number of nitrogens with zero attached hydrogens (tertiary/aromatic N) is 1. The van der Waals surface area contributed by atoms with Crippen LogP contribution in [0.5, 0.6) is 0 Å². The van der Waals surface area contributed by atoms with Crippen LogP contribution in [0, 0.1) is 18.3 Å². The van der Waals surface area contributed by atoms with E-state index in [0.717, 1.165) is 11.1 Å². The Bertz CT molecular complexity index is 339. The first-order valence-corrected chi connectivity index (χ1v) is 3.96. The number of aryl methyl sites for hydroxylation is 1. The highest BCUT2D eigenvalue weighted by Gasteiger charge is 2.03. The molecule has 0 aromatic heterocycles. The fourth-order valence-electron chi connectivity index (χ4n) is 1.01. The lowest BCUT2D eigenvalue weighted by molar-refractivity contribution is 1.06. The van der Waals surface area contributed by atoms with E-state index in [-0.39, 0.29) is 0 Å². The van der Waals surface area contributed by atoms with Gasteiger partial charge >= 0.3 is 0 Å². The molecule has 0 unspecified atom stereocenters. The molecule has 1 aromatic rings. The zero-order valence-corrected chi connectivity index (χ0v) is 7.52. The van der Waals surface area contributed by atoms with Gasteiger partial charge < -0.3 is 5.73 Å². The molecule has 1 rings (SSSR count). The second kappa shape index (κ2) is 3.57. The number of halogens is 1. The van der Waals surface area contributed by atoms with Crippen molar-refractivity contribution in [2.24, 2.45) is 5.73 Å². The van der Waals surface area contributed by atoms with Gasteiger partial charge in [-0.25, -0.2) is 0 Å². The number of hydrogen-bond donors (Lipinski definition) is 1. The van der Waals surface area contributed by atoms with Crippen molar-refractivity contribution in [2.45, 2.75) is 13.5 Å². The smallest absolute Gasteiger partial charge is 0.0995 e. The standard InChI is InChI=1S/C9H9ClN2/c1-6-2-7(4-11)8(5-12)3-9(6)10/h2-3H,4,11H2,1H3. The maximum Gasteiger partial charge on any atom is 0.0995 e. The fraction of sp³-hybridized carbons (Fsp3) is 0.222. The van der Waals surface area contributed by atoms with Crippen LogP contribution < -0.4 is 5.73 Å². The lowest BCUT2D eigenvalue weighted by Crippen LogP contribution is -2.00. The van der Waals surface area contributed by atoms with Crippen LogP contribution in [0.2, 0.25) is 5.02 Å². The summed E-state index contributed by atoms with van der Waals surface area (Å²) < 4.78 is 0. The van der Waals surface area contributed by atoms with Crippen molar-refractivity contribution in [3.05, 3.63) is 33.8 Å². The monoisotopic (exact) mass is 180 g/mol. The molecule has 0 aliphatic carbocycles. The van der Waals surface area contributed by atoms with Crippen LogP contribution in [0.1, 0.15) is 16.7 Å². The molecule has 0 bridgehead atoms. The average molecular weight is 181 g/mol. The number of hydrogen-bond acceptors (Lipinski definition) is 2. The number of rotatable bonds is 1. The van der Waals surface area contributed by atoms with Crippen molar-refractivity contribution in [3.8, 4) is 6.07 Å². The van der Waals surface area contributed by atoms with Crippen molar-refractivity contribution in [3.63, 3.8) is 0 Å². The van der Waals surface area contributed by atoms with E-state index in [1.165, 1.54) is 0 Å². The molecule has 0 heterocycles. The van der Waals surface area contributed by atoms with E-state index in [9.17, 15) is 0 Å². The van der Waals surface area contributed by atoms with Crippen LogP contribution in [0.4, 0.5) is 0 Å². The van der Waals surface area contributed by atoms with Gasteiger partial charge in [-0.1, -0.05) is 17.7 Å². The highest BCUT2D eigenvalue weighted by Crippen LogP contribution is 2.19. The van der Waals surface area contributed by atoms with Gasteiger partial charge in [-0.3, -0.25) is 0 Å². The van der Waals surface area contributed by atoms with Crippen molar-refractivity contribution in [1.29, 1.82) is 5.26 Å². The largest absolute Gasteiger partial charge is 0.326 e. The molecule has 62 valence electrons. The summed E-state index contributed by atoms with van der Waals surface area (Å²) in [5, 5.41) is 9.32. The van der Waals surface area contributed by atoms with Crippen LogP contribution in [0.3, 0.4) is 0 Å². The summed E-state index contributed by atoms with van der Waals surface area (Å²) in [4.78, 5) is 0.